The van der Waals surface area contributed by atoms with Crippen molar-refractivity contribution in [1.82, 2.24) is 4.98 Å². The fourth-order valence-electron chi connectivity index (χ4n) is 3.02. The van der Waals surface area contributed by atoms with E-state index in [0.717, 1.165) is 10.7 Å². The summed E-state index contributed by atoms with van der Waals surface area (Å²) in [6.07, 6.45) is 0.614. The van der Waals surface area contributed by atoms with Gasteiger partial charge in [-0.25, -0.2) is 4.98 Å². The normalized spacial score (nSPS) is 32.5. The van der Waals surface area contributed by atoms with E-state index in [2.05, 4.69) is 51.9 Å². The minimum Gasteiger partial charge on any atom is -0.392 e. The molecule has 0 radical (unpaired) electrons. The molecule has 1 aliphatic heterocycles. The molecule has 114 valence electrons. The van der Waals surface area contributed by atoms with Crippen LogP contribution in [0.5, 0.6) is 0 Å². The molecule has 0 saturated carbocycles. The summed E-state index contributed by atoms with van der Waals surface area (Å²) in [7, 11) is 0. The molecule has 20 heavy (non-hydrogen) atoms. The van der Waals surface area contributed by atoms with Crippen LogP contribution in [0.15, 0.2) is 5.38 Å². The van der Waals surface area contributed by atoms with Crippen molar-refractivity contribution >= 4 is 11.3 Å². The van der Waals surface area contributed by atoms with Gasteiger partial charge in [0.15, 0.2) is 0 Å². The lowest BCUT2D eigenvalue weighted by molar-refractivity contribution is 0.0239. The van der Waals surface area contributed by atoms with E-state index in [1.165, 1.54) is 0 Å². The van der Waals surface area contributed by atoms with Crippen LogP contribution in [0.4, 0.5) is 0 Å². The molecule has 3 nitrogen and oxygen atoms in total. The molecule has 0 amide bonds. The quantitative estimate of drug-likeness (QED) is 0.929. The van der Waals surface area contributed by atoms with Gasteiger partial charge in [0, 0.05) is 23.1 Å². The average Bonchev–Trinajstić information content (AvgIpc) is 2.85. The third-order valence-corrected chi connectivity index (χ3v) is 5.34. The van der Waals surface area contributed by atoms with E-state index in [-0.39, 0.29) is 29.6 Å². The van der Waals surface area contributed by atoms with E-state index in [1.807, 2.05) is 0 Å². The smallest absolute Gasteiger partial charge is 0.0954 e. The summed E-state index contributed by atoms with van der Waals surface area (Å²) in [5.74, 6) is 0.592. The molecule has 5 unspecified atom stereocenters. The lowest BCUT2D eigenvalue weighted by Gasteiger charge is -2.24. The Bertz CT molecular complexity index is 452. The second kappa shape index (κ2) is 5.74. The van der Waals surface area contributed by atoms with Crippen molar-refractivity contribution in [3.05, 3.63) is 16.1 Å². The van der Waals surface area contributed by atoms with Crippen LogP contribution in [0.1, 0.15) is 52.2 Å². The molecule has 4 heteroatoms. The number of aliphatic hydroxyl groups excluding tert-OH is 1. The highest BCUT2D eigenvalue weighted by molar-refractivity contribution is 7.09. The molecule has 1 fully saturated rings. The zero-order chi connectivity index (χ0) is 15.1. The zero-order valence-electron chi connectivity index (χ0n) is 13.4. The molecular formula is C16H27NO2S. The number of thiazole rings is 1. The van der Waals surface area contributed by atoms with Gasteiger partial charge in [-0.2, -0.15) is 0 Å². The fraction of sp³-hybridized carbons (Fsp3) is 0.812. The summed E-state index contributed by atoms with van der Waals surface area (Å²) in [6.45, 7) is 12.8. The maximum atomic E-state index is 10.6. The fourth-order valence-corrected chi connectivity index (χ4v) is 4.09. The van der Waals surface area contributed by atoms with Crippen LogP contribution in [0.25, 0.3) is 0 Å². The number of hydrogen-bond donors (Lipinski definition) is 1. The Kier molecular flexibility index (Phi) is 4.57. The third kappa shape index (κ3) is 3.23. The molecule has 1 aliphatic rings. The topological polar surface area (TPSA) is 42.4 Å². The number of aromatic nitrogens is 1. The second-order valence-electron chi connectivity index (χ2n) is 7.13. The molecule has 2 rings (SSSR count). The van der Waals surface area contributed by atoms with Gasteiger partial charge >= 0.3 is 0 Å². The number of aliphatic hydroxyl groups is 1. The maximum Gasteiger partial charge on any atom is 0.0954 e. The SMILES string of the molecule is CC1OC(C)C(C(O)Cc2nc(C(C)(C)C)cs2)C1C. The van der Waals surface area contributed by atoms with Gasteiger partial charge in [-0.05, 0) is 19.8 Å². The van der Waals surface area contributed by atoms with Gasteiger partial charge in [-0.3, -0.25) is 0 Å². The Balaban J connectivity index is 2.05. The molecule has 1 aromatic heterocycles. The van der Waals surface area contributed by atoms with Crippen molar-refractivity contribution < 1.29 is 9.84 Å². The Hall–Kier alpha value is -0.450. The largest absolute Gasteiger partial charge is 0.392 e. The Morgan fingerprint density at radius 1 is 1.30 bits per heavy atom. The van der Waals surface area contributed by atoms with Crippen molar-refractivity contribution in [2.75, 3.05) is 0 Å². The van der Waals surface area contributed by atoms with Gasteiger partial charge < -0.3 is 9.84 Å². The first-order chi connectivity index (χ1) is 9.20. The highest BCUT2D eigenvalue weighted by Gasteiger charge is 2.41. The number of nitrogens with zero attached hydrogens (tertiary/aromatic N) is 1. The first-order valence-electron chi connectivity index (χ1n) is 7.48. The molecule has 0 aromatic carbocycles. The van der Waals surface area contributed by atoms with E-state index in [4.69, 9.17) is 4.74 Å². The van der Waals surface area contributed by atoms with Crippen molar-refractivity contribution in [3.8, 4) is 0 Å². The van der Waals surface area contributed by atoms with E-state index in [9.17, 15) is 5.11 Å². The van der Waals surface area contributed by atoms with Gasteiger partial charge in [0.2, 0.25) is 0 Å². The van der Waals surface area contributed by atoms with Crippen LogP contribution in [0.2, 0.25) is 0 Å². The molecule has 1 aromatic rings. The number of hydrogen-bond acceptors (Lipinski definition) is 4. The predicted octanol–water partition coefficient (Wildman–Crippen LogP) is 3.40. The molecule has 0 aliphatic carbocycles. The highest BCUT2D eigenvalue weighted by Crippen LogP contribution is 2.36. The van der Waals surface area contributed by atoms with Crippen molar-refractivity contribution in [2.45, 2.75) is 71.7 Å². The van der Waals surface area contributed by atoms with Gasteiger partial charge in [-0.1, -0.05) is 27.7 Å². The summed E-state index contributed by atoms with van der Waals surface area (Å²) in [5, 5.41) is 13.7. The Morgan fingerprint density at radius 2 is 1.95 bits per heavy atom. The van der Waals surface area contributed by atoms with Gasteiger partial charge in [0.25, 0.3) is 0 Å². The van der Waals surface area contributed by atoms with Crippen molar-refractivity contribution in [1.29, 1.82) is 0 Å². The Labute approximate surface area is 126 Å². The summed E-state index contributed by atoms with van der Waals surface area (Å²) < 4.78 is 5.83. The summed E-state index contributed by atoms with van der Waals surface area (Å²) >= 11 is 1.65. The van der Waals surface area contributed by atoms with Gasteiger partial charge in [0.05, 0.1) is 29.0 Å². The highest BCUT2D eigenvalue weighted by atomic mass is 32.1. The molecule has 1 saturated heterocycles. The summed E-state index contributed by atoms with van der Waals surface area (Å²) in [6, 6.07) is 0. The van der Waals surface area contributed by atoms with Crippen LogP contribution in [-0.4, -0.2) is 28.4 Å². The van der Waals surface area contributed by atoms with Crippen LogP contribution < -0.4 is 0 Å². The van der Waals surface area contributed by atoms with Crippen LogP contribution >= 0.6 is 11.3 Å². The minimum absolute atomic E-state index is 0.0747. The van der Waals surface area contributed by atoms with Crippen LogP contribution in [0, 0.1) is 11.8 Å². The van der Waals surface area contributed by atoms with Crippen molar-refractivity contribution in [3.63, 3.8) is 0 Å². The molecule has 0 bridgehead atoms. The average molecular weight is 297 g/mol. The third-order valence-electron chi connectivity index (χ3n) is 4.47. The van der Waals surface area contributed by atoms with Crippen LogP contribution in [-0.2, 0) is 16.6 Å². The number of rotatable bonds is 3. The first kappa shape index (κ1) is 15.9. The predicted molar refractivity (Wildman–Crippen MR) is 83.2 cm³/mol. The molecule has 0 spiro atoms. The Morgan fingerprint density at radius 3 is 2.40 bits per heavy atom. The van der Waals surface area contributed by atoms with E-state index in [1.54, 1.807) is 11.3 Å². The van der Waals surface area contributed by atoms with E-state index < -0.39 is 0 Å². The van der Waals surface area contributed by atoms with Crippen LogP contribution in [0.3, 0.4) is 0 Å². The standard InChI is InChI=1S/C16H27NO2S/c1-9-10(2)19-11(3)15(9)12(18)7-14-17-13(8-20-14)16(4,5)6/h8-12,15,18H,7H2,1-6H3. The van der Waals surface area contributed by atoms with E-state index in [0.29, 0.717) is 12.3 Å². The maximum absolute atomic E-state index is 10.6. The van der Waals surface area contributed by atoms with Gasteiger partial charge in [-0.15, -0.1) is 11.3 Å². The number of ether oxygens (including phenoxy) is 1. The minimum atomic E-state index is -0.371. The lowest BCUT2D eigenvalue weighted by Crippen LogP contribution is -2.32. The second-order valence-corrected chi connectivity index (χ2v) is 8.07. The monoisotopic (exact) mass is 297 g/mol. The lowest BCUT2D eigenvalue weighted by atomic mass is 9.84. The zero-order valence-corrected chi connectivity index (χ0v) is 14.2. The van der Waals surface area contributed by atoms with Gasteiger partial charge in [0.1, 0.15) is 0 Å². The summed E-state index contributed by atoms with van der Waals surface area (Å²) in [4.78, 5) is 4.68. The molecular weight excluding hydrogens is 270 g/mol. The molecule has 1 N–H and O–H groups in total. The van der Waals surface area contributed by atoms with E-state index >= 15 is 0 Å². The molecule has 2 heterocycles. The summed E-state index contributed by atoms with van der Waals surface area (Å²) in [5.41, 5.74) is 1.19. The van der Waals surface area contributed by atoms with Crippen molar-refractivity contribution in [2.24, 2.45) is 11.8 Å². The molecule has 5 atom stereocenters. The first-order valence-corrected chi connectivity index (χ1v) is 8.36.